The van der Waals surface area contributed by atoms with E-state index in [9.17, 15) is 9.79 Å². The zero-order chi connectivity index (χ0) is 17.3. The third-order valence-corrected chi connectivity index (χ3v) is 5.24. The summed E-state index contributed by atoms with van der Waals surface area (Å²) in [5.41, 5.74) is 8.67. The molecule has 0 radical (unpaired) electrons. The molecule has 0 heterocycles. The Morgan fingerprint density at radius 1 is 1.05 bits per heavy atom. The first-order valence-electron chi connectivity index (χ1n) is 7.83. The predicted molar refractivity (Wildman–Crippen MR) is 95.7 cm³/mol. The van der Waals surface area contributed by atoms with Gasteiger partial charge in [0, 0.05) is 0 Å². The molecule has 22 heavy (non-hydrogen) atoms. The van der Waals surface area contributed by atoms with Crippen molar-refractivity contribution in [3.05, 3.63) is 28.8 Å². The second-order valence-corrected chi connectivity index (χ2v) is 10.3. The first-order chi connectivity index (χ1) is 9.81. The molecule has 0 saturated heterocycles. The van der Waals surface area contributed by atoms with Crippen LogP contribution in [0.4, 0.5) is 0 Å². The summed E-state index contributed by atoms with van der Waals surface area (Å²) in [5.74, 6) is 0.543. The van der Waals surface area contributed by atoms with Crippen LogP contribution in [0.3, 0.4) is 0 Å². The molecule has 0 unspecified atom stereocenters. The van der Waals surface area contributed by atoms with Crippen LogP contribution in [0.5, 0.6) is 5.75 Å². The van der Waals surface area contributed by atoms with Crippen molar-refractivity contribution in [2.45, 2.75) is 65.8 Å². The van der Waals surface area contributed by atoms with Gasteiger partial charge in [-0.1, -0.05) is 0 Å². The molecule has 0 aliphatic carbocycles. The third kappa shape index (κ3) is 4.66. The minimum absolute atomic E-state index is 0.0137. The molecule has 0 amide bonds. The van der Waals surface area contributed by atoms with Crippen LogP contribution in [0.25, 0.3) is 0 Å². The Morgan fingerprint density at radius 3 is 1.95 bits per heavy atom. The van der Waals surface area contributed by atoms with Gasteiger partial charge >= 0.3 is 135 Å². The average Bonchev–Trinajstić information content (AvgIpc) is 2.35. The number of hydrogen-bond acceptors (Lipinski definition) is 4. The van der Waals surface area contributed by atoms with Gasteiger partial charge in [0.2, 0.25) is 0 Å². The van der Waals surface area contributed by atoms with Crippen molar-refractivity contribution in [3.63, 3.8) is 0 Å². The molecule has 4 N–H and O–H groups in total. The molecule has 1 aromatic rings. The maximum atomic E-state index is 10.0. The van der Waals surface area contributed by atoms with E-state index >= 15 is 0 Å². The van der Waals surface area contributed by atoms with E-state index in [1.807, 2.05) is 6.07 Å². The van der Waals surface area contributed by atoms with E-state index in [0.717, 1.165) is 11.1 Å². The van der Waals surface area contributed by atoms with Gasteiger partial charge in [-0.15, -0.1) is 0 Å². The molecule has 4 nitrogen and oxygen atoms in total. The topological polar surface area (TPSA) is 75.7 Å². The van der Waals surface area contributed by atoms with Crippen molar-refractivity contribution < 1.29 is 14.3 Å². The fourth-order valence-corrected chi connectivity index (χ4v) is 2.90. The molecule has 1 rings (SSSR count). The van der Waals surface area contributed by atoms with E-state index in [4.69, 9.17) is 10.3 Å². The molecule has 0 saturated carbocycles. The van der Waals surface area contributed by atoms with E-state index in [-0.39, 0.29) is 17.0 Å². The molecule has 0 atom stereocenters. The number of benzene rings is 1. The van der Waals surface area contributed by atoms with Gasteiger partial charge in [0.15, 0.2) is 0 Å². The zero-order valence-corrected chi connectivity index (χ0v) is 15.9. The Hall–Kier alpha value is -0.670. The van der Waals surface area contributed by atoms with Gasteiger partial charge in [0.1, 0.15) is 0 Å². The average molecular weight is 329 g/mol. The summed E-state index contributed by atoms with van der Waals surface area (Å²) >= 11 is 0. The summed E-state index contributed by atoms with van der Waals surface area (Å²) in [6, 6.07) is 4.12. The molecular weight excluding hydrogens is 297 g/mol. The van der Waals surface area contributed by atoms with Crippen LogP contribution in [0, 0.1) is 0 Å². The summed E-state index contributed by atoms with van der Waals surface area (Å²) in [6.07, 6.45) is 0.210. The predicted octanol–water partition coefficient (Wildman–Crippen LogP) is 3.62. The van der Waals surface area contributed by atoms with Crippen molar-refractivity contribution in [2.75, 3.05) is 6.16 Å². The van der Waals surface area contributed by atoms with Crippen LogP contribution < -0.4 is 10.3 Å². The van der Waals surface area contributed by atoms with E-state index < -0.39 is 7.94 Å². The van der Waals surface area contributed by atoms with Gasteiger partial charge in [0.25, 0.3) is 0 Å². The summed E-state index contributed by atoms with van der Waals surface area (Å²) < 4.78 is 5.67. The fraction of sp³-hybridized carbons (Fsp3) is 0.647. The van der Waals surface area contributed by atoms with Crippen LogP contribution >= 0.6 is 7.94 Å². The molecule has 0 aliphatic heterocycles. The van der Waals surface area contributed by atoms with Gasteiger partial charge in [-0.25, -0.2) is 0 Å². The number of rotatable bonds is 4. The van der Waals surface area contributed by atoms with E-state index in [0.29, 0.717) is 12.3 Å². The summed E-state index contributed by atoms with van der Waals surface area (Å²) in [5, 5.41) is 0. The van der Waals surface area contributed by atoms with Crippen LogP contribution in [0.2, 0.25) is 0 Å². The van der Waals surface area contributed by atoms with Crippen molar-refractivity contribution >= 4 is 7.94 Å². The Kier molecular flexibility index (Phi) is 5.68. The second kappa shape index (κ2) is 6.45. The van der Waals surface area contributed by atoms with Crippen LogP contribution in [-0.2, 0) is 17.4 Å². The standard InChI is InChI=1S/C17H32NO3P/c1-8-22(19,20)21-15-12(11-18)9-13(16(2,3)4)10-14(15)17(5,6)7/h9-10,19-20,22H,8,11,18H2,1-7H3. The Balaban J connectivity index is 3.59. The van der Waals surface area contributed by atoms with Gasteiger partial charge in [0.05, 0.1) is 0 Å². The van der Waals surface area contributed by atoms with E-state index in [2.05, 4.69) is 47.6 Å². The van der Waals surface area contributed by atoms with Gasteiger partial charge in [-0.3, -0.25) is 0 Å². The third-order valence-electron chi connectivity index (χ3n) is 3.79. The second-order valence-electron chi connectivity index (χ2n) is 7.91. The molecular formula is C17H32NO3P. The monoisotopic (exact) mass is 329 g/mol. The molecule has 128 valence electrons. The van der Waals surface area contributed by atoms with E-state index in [1.54, 1.807) is 6.92 Å². The molecule has 0 aromatic heterocycles. The number of nitrogens with two attached hydrogens (primary N) is 1. The first-order valence-corrected chi connectivity index (χ1v) is 9.84. The maximum absolute atomic E-state index is 10.0. The van der Waals surface area contributed by atoms with Crippen molar-refractivity contribution in [2.24, 2.45) is 5.73 Å². The number of hydrogen-bond donors (Lipinski definition) is 3. The van der Waals surface area contributed by atoms with Crippen LogP contribution in [-0.4, -0.2) is 15.9 Å². The normalized spacial score (nSPS) is 14.1. The molecule has 1 aromatic carbocycles. The summed E-state index contributed by atoms with van der Waals surface area (Å²) in [7, 11) is -3.69. The molecule has 0 fully saturated rings. The van der Waals surface area contributed by atoms with Crippen LogP contribution in [0.1, 0.15) is 65.2 Å². The fourth-order valence-electron chi connectivity index (χ4n) is 2.19. The Labute approximate surface area is 135 Å². The quantitative estimate of drug-likeness (QED) is 0.738. The molecule has 0 spiro atoms. The molecule has 0 aliphatic rings. The van der Waals surface area contributed by atoms with Gasteiger partial charge < -0.3 is 0 Å². The summed E-state index contributed by atoms with van der Waals surface area (Å²) in [4.78, 5) is 20.1. The van der Waals surface area contributed by atoms with Gasteiger partial charge in [-0.05, 0) is 0 Å². The van der Waals surface area contributed by atoms with Crippen LogP contribution in [0.15, 0.2) is 12.1 Å². The van der Waals surface area contributed by atoms with Crippen molar-refractivity contribution in [1.29, 1.82) is 0 Å². The van der Waals surface area contributed by atoms with Crippen molar-refractivity contribution in [1.82, 2.24) is 0 Å². The van der Waals surface area contributed by atoms with E-state index in [1.165, 1.54) is 5.56 Å². The first kappa shape index (κ1) is 19.4. The summed E-state index contributed by atoms with van der Waals surface area (Å²) in [6.45, 7) is 14.7. The Morgan fingerprint density at radius 2 is 1.59 bits per heavy atom. The van der Waals surface area contributed by atoms with Gasteiger partial charge in [-0.2, -0.15) is 0 Å². The SMILES string of the molecule is CC[PH](O)(O)Oc1c(CN)cc(C(C)(C)C)cc1C(C)(C)C. The Bertz CT molecular complexity index is 528. The minimum atomic E-state index is -3.69. The van der Waals surface area contributed by atoms with Crippen molar-refractivity contribution in [3.8, 4) is 5.75 Å². The molecule has 0 bridgehead atoms. The molecule has 5 heteroatoms. The zero-order valence-electron chi connectivity index (χ0n) is 14.9.